The Morgan fingerprint density at radius 3 is 2.53 bits per heavy atom. The fourth-order valence-corrected chi connectivity index (χ4v) is 1.51. The maximum Gasteiger partial charge on any atom is 0.416 e. The van der Waals surface area contributed by atoms with Gasteiger partial charge in [0.2, 0.25) is 0 Å². The number of halogens is 4. The van der Waals surface area contributed by atoms with Gasteiger partial charge in [-0.3, -0.25) is 4.79 Å². The average molecular weight is 312 g/mol. The number of carbonyl (C=O) groups is 1. The normalized spacial score (nSPS) is 13.2. The second kappa shape index (κ2) is 5.50. The van der Waals surface area contributed by atoms with Crippen LogP contribution in [0.3, 0.4) is 0 Å². The van der Waals surface area contributed by atoms with Crippen LogP contribution in [0.5, 0.6) is 0 Å². The zero-order chi connectivity index (χ0) is 13.1. The number of alkyl halides is 3. The predicted octanol–water partition coefficient (Wildman–Crippen LogP) is 2.10. The number of hydrogen-bond acceptors (Lipinski definition) is 2. The Bertz CT molecular complexity index is 409. The molecule has 0 spiro atoms. The van der Waals surface area contributed by atoms with Crippen LogP contribution in [-0.2, 0) is 0 Å². The lowest BCUT2D eigenvalue weighted by Gasteiger charge is -2.15. The number of benzene rings is 1. The van der Waals surface area contributed by atoms with Gasteiger partial charge >= 0.3 is 6.18 Å². The summed E-state index contributed by atoms with van der Waals surface area (Å²) >= 11 is 3.10. The summed E-state index contributed by atoms with van der Waals surface area (Å²) in [5.74, 6) is -0.680. The zero-order valence-electron chi connectivity index (χ0n) is 8.46. The summed E-state index contributed by atoms with van der Waals surface area (Å²) in [5, 5.41) is 10.7. The van der Waals surface area contributed by atoms with E-state index in [1.807, 2.05) is 5.32 Å². The van der Waals surface area contributed by atoms with Gasteiger partial charge in [-0.25, -0.2) is 0 Å². The molecule has 1 atom stereocenters. The minimum absolute atomic E-state index is 0.210. The summed E-state index contributed by atoms with van der Waals surface area (Å²) in [5.41, 5.74) is 0.210. The molecule has 2 N–H and O–H groups in total. The first kappa shape index (κ1) is 14.0. The van der Waals surface area contributed by atoms with Gasteiger partial charge in [0, 0.05) is 4.47 Å². The lowest BCUT2D eigenvalue weighted by molar-refractivity contribution is -0.201. The summed E-state index contributed by atoms with van der Waals surface area (Å²) in [6.07, 6.45) is -7.30. The third-order valence-corrected chi connectivity index (χ3v) is 2.64. The van der Waals surface area contributed by atoms with Crippen molar-refractivity contribution >= 4 is 21.8 Å². The van der Waals surface area contributed by atoms with Crippen LogP contribution >= 0.6 is 15.9 Å². The molecule has 3 nitrogen and oxygen atoms in total. The van der Waals surface area contributed by atoms with E-state index < -0.39 is 24.7 Å². The van der Waals surface area contributed by atoms with Crippen LogP contribution < -0.4 is 5.32 Å². The van der Waals surface area contributed by atoms with Gasteiger partial charge < -0.3 is 10.4 Å². The first-order valence-corrected chi connectivity index (χ1v) is 5.39. The van der Waals surface area contributed by atoms with Crippen LogP contribution in [-0.4, -0.2) is 29.8 Å². The molecule has 0 bridgehead atoms. The Morgan fingerprint density at radius 2 is 2.00 bits per heavy atom. The molecule has 0 aliphatic carbocycles. The fourth-order valence-electron chi connectivity index (χ4n) is 1.05. The highest BCUT2D eigenvalue weighted by molar-refractivity contribution is 9.10. The highest BCUT2D eigenvalue weighted by Crippen LogP contribution is 2.20. The second-order valence-electron chi connectivity index (χ2n) is 3.25. The Balaban J connectivity index is 2.60. The number of rotatable bonds is 3. The molecule has 17 heavy (non-hydrogen) atoms. The summed E-state index contributed by atoms with van der Waals surface area (Å²) in [4.78, 5) is 11.5. The van der Waals surface area contributed by atoms with Crippen molar-refractivity contribution < 1.29 is 23.1 Å². The maximum atomic E-state index is 12.0. The lowest BCUT2D eigenvalue weighted by atomic mass is 10.2. The minimum Gasteiger partial charge on any atom is -0.382 e. The summed E-state index contributed by atoms with van der Waals surface area (Å²) < 4.78 is 36.4. The van der Waals surface area contributed by atoms with Crippen molar-refractivity contribution in [3.05, 3.63) is 34.3 Å². The molecule has 1 rings (SSSR count). The summed E-state index contributed by atoms with van der Waals surface area (Å²) in [6, 6.07) is 6.31. The average Bonchev–Trinajstić information content (AvgIpc) is 2.24. The van der Waals surface area contributed by atoms with E-state index in [2.05, 4.69) is 15.9 Å². The van der Waals surface area contributed by atoms with Gasteiger partial charge in [-0.15, -0.1) is 0 Å². The molecule has 0 saturated carbocycles. The van der Waals surface area contributed by atoms with E-state index in [9.17, 15) is 18.0 Å². The van der Waals surface area contributed by atoms with Crippen molar-refractivity contribution in [1.29, 1.82) is 0 Å². The molecule has 0 heterocycles. The van der Waals surface area contributed by atoms with Crippen LogP contribution in [0.1, 0.15) is 10.4 Å². The highest BCUT2D eigenvalue weighted by Gasteiger charge is 2.38. The number of carbonyl (C=O) groups excluding carboxylic acids is 1. The highest BCUT2D eigenvalue weighted by atomic mass is 79.9. The summed E-state index contributed by atoms with van der Waals surface area (Å²) in [6.45, 7) is -0.871. The summed E-state index contributed by atoms with van der Waals surface area (Å²) in [7, 11) is 0. The molecule has 1 aromatic carbocycles. The van der Waals surface area contributed by atoms with E-state index >= 15 is 0 Å². The van der Waals surface area contributed by atoms with Crippen LogP contribution in [0, 0.1) is 0 Å². The van der Waals surface area contributed by atoms with Crippen molar-refractivity contribution in [3.63, 3.8) is 0 Å². The van der Waals surface area contributed by atoms with Crippen LogP contribution in [0.15, 0.2) is 28.7 Å². The Kier molecular flexibility index (Phi) is 4.53. The van der Waals surface area contributed by atoms with Gasteiger partial charge in [0.15, 0.2) is 6.10 Å². The van der Waals surface area contributed by atoms with Gasteiger partial charge in [0.25, 0.3) is 5.91 Å². The van der Waals surface area contributed by atoms with Crippen LogP contribution in [0.25, 0.3) is 0 Å². The predicted molar refractivity (Wildman–Crippen MR) is 58.5 cm³/mol. The van der Waals surface area contributed by atoms with Gasteiger partial charge in [0.05, 0.1) is 12.1 Å². The molecule has 1 aromatic rings. The van der Waals surface area contributed by atoms with Gasteiger partial charge in [-0.05, 0) is 28.1 Å². The van der Waals surface area contributed by atoms with Crippen LogP contribution in [0.4, 0.5) is 13.2 Å². The van der Waals surface area contributed by atoms with Crippen molar-refractivity contribution in [2.24, 2.45) is 0 Å². The number of aliphatic hydroxyl groups excluding tert-OH is 1. The van der Waals surface area contributed by atoms with E-state index in [0.29, 0.717) is 4.47 Å². The lowest BCUT2D eigenvalue weighted by Crippen LogP contribution is -2.40. The monoisotopic (exact) mass is 311 g/mol. The Hall–Kier alpha value is -1.08. The van der Waals surface area contributed by atoms with E-state index in [1.165, 1.54) is 6.07 Å². The molecular formula is C10H9BrF3NO2. The first-order valence-electron chi connectivity index (χ1n) is 4.60. The number of amides is 1. The maximum absolute atomic E-state index is 12.0. The van der Waals surface area contributed by atoms with Crippen molar-refractivity contribution in [2.75, 3.05) is 6.54 Å². The first-order chi connectivity index (χ1) is 7.82. The van der Waals surface area contributed by atoms with E-state index in [-0.39, 0.29) is 5.56 Å². The largest absolute Gasteiger partial charge is 0.416 e. The molecule has 0 radical (unpaired) electrons. The van der Waals surface area contributed by atoms with E-state index in [1.54, 1.807) is 18.2 Å². The van der Waals surface area contributed by atoms with E-state index in [0.717, 1.165) is 0 Å². The number of hydrogen-bond donors (Lipinski definition) is 2. The van der Waals surface area contributed by atoms with Gasteiger partial charge in [0.1, 0.15) is 0 Å². The standard InChI is InChI=1S/C10H9BrF3NO2/c11-7-4-2-1-3-6(7)9(17)15-5-8(16)10(12,13)14/h1-4,8,16H,5H2,(H,15,17). The number of aliphatic hydroxyl groups is 1. The molecule has 0 aromatic heterocycles. The third kappa shape index (κ3) is 4.01. The Morgan fingerprint density at radius 1 is 1.41 bits per heavy atom. The molecule has 0 saturated heterocycles. The molecule has 1 amide bonds. The molecule has 94 valence electrons. The van der Waals surface area contributed by atoms with Gasteiger partial charge in [-0.2, -0.15) is 13.2 Å². The van der Waals surface area contributed by atoms with Crippen molar-refractivity contribution in [1.82, 2.24) is 5.32 Å². The molecule has 1 unspecified atom stereocenters. The molecule has 0 aliphatic rings. The van der Waals surface area contributed by atoms with Gasteiger partial charge in [-0.1, -0.05) is 12.1 Å². The molecular weight excluding hydrogens is 303 g/mol. The minimum atomic E-state index is -4.73. The van der Waals surface area contributed by atoms with Crippen molar-refractivity contribution in [3.8, 4) is 0 Å². The fraction of sp³-hybridized carbons (Fsp3) is 0.300. The molecule has 0 fully saturated rings. The van der Waals surface area contributed by atoms with E-state index in [4.69, 9.17) is 5.11 Å². The smallest absolute Gasteiger partial charge is 0.382 e. The molecule has 0 aliphatic heterocycles. The van der Waals surface area contributed by atoms with Crippen molar-refractivity contribution in [2.45, 2.75) is 12.3 Å². The number of nitrogens with one attached hydrogen (secondary N) is 1. The zero-order valence-corrected chi connectivity index (χ0v) is 10.0. The molecule has 7 heteroatoms. The quantitative estimate of drug-likeness (QED) is 0.898. The SMILES string of the molecule is O=C(NCC(O)C(F)(F)F)c1ccccc1Br. The Labute approximate surface area is 104 Å². The second-order valence-corrected chi connectivity index (χ2v) is 4.10. The topological polar surface area (TPSA) is 49.3 Å². The third-order valence-electron chi connectivity index (χ3n) is 1.95. The van der Waals surface area contributed by atoms with Crippen LogP contribution in [0.2, 0.25) is 0 Å².